The first-order chi connectivity index (χ1) is 8.80. The third kappa shape index (κ3) is 1.84. The highest BCUT2D eigenvalue weighted by atomic mass is 19.1. The van der Waals surface area contributed by atoms with Gasteiger partial charge in [-0.1, -0.05) is 0 Å². The number of ketones is 1. The molecule has 19 heavy (non-hydrogen) atoms. The molecule has 0 radical (unpaired) electrons. The highest BCUT2D eigenvalue weighted by molar-refractivity contribution is 6.03. The maximum Gasteiger partial charge on any atom is 0.307 e. The Balaban J connectivity index is 2.58. The minimum Gasteiger partial charge on any atom is -0.622 e. The van der Waals surface area contributed by atoms with E-state index in [1.165, 1.54) is 38.1 Å². The Bertz CT molecular complexity index is 556. The van der Waals surface area contributed by atoms with Crippen LogP contribution in [0.15, 0.2) is 24.3 Å². The average molecular weight is 266 g/mol. The lowest BCUT2D eigenvalue weighted by molar-refractivity contribution is -0.564. The van der Waals surface area contributed by atoms with Crippen LogP contribution in [0.4, 0.5) is 4.39 Å². The molecule has 0 fully saturated rings. The van der Waals surface area contributed by atoms with Gasteiger partial charge in [-0.3, -0.25) is 4.79 Å². The molecule has 1 N–H and O–H groups in total. The molecular weight excluding hydrogens is 251 g/mol. The van der Waals surface area contributed by atoms with Gasteiger partial charge in [0, 0.05) is 19.4 Å². The van der Waals surface area contributed by atoms with Crippen LogP contribution >= 0.6 is 0 Å². The standard InChI is InChI=1S/C13H15FN2O3/c1-8-12(10-4-6-11(14)7-5-10)16(19)13(3,9(2)17)15(8)18/h4-8,18H,1-3H3. The molecule has 102 valence electrons. The van der Waals surface area contributed by atoms with Gasteiger partial charge < -0.3 is 10.4 Å². The van der Waals surface area contributed by atoms with Crippen molar-refractivity contribution in [3.63, 3.8) is 0 Å². The van der Waals surface area contributed by atoms with Gasteiger partial charge >= 0.3 is 5.66 Å². The van der Waals surface area contributed by atoms with Crippen molar-refractivity contribution in [2.45, 2.75) is 32.5 Å². The lowest BCUT2D eigenvalue weighted by atomic mass is 10.1. The van der Waals surface area contributed by atoms with E-state index < -0.39 is 23.3 Å². The third-order valence-corrected chi connectivity index (χ3v) is 3.63. The van der Waals surface area contributed by atoms with Crippen molar-refractivity contribution >= 4 is 11.5 Å². The molecule has 0 aromatic heterocycles. The summed E-state index contributed by atoms with van der Waals surface area (Å²) in [6.45, 7) is 4.21. The van der Waals surface area contributed by atoms with E-state index in [-0.39, 0.29) is 5.71 Å². The number of nitrogens with zero attached hydrogens (tertiary/aromatic N) is 2. The zero-order chi connectivity index (χ0) is 14.4. The minimum absolute atomic E-state index is 0.236. The van der Waals surface area contributed by atoms with Crippen molar-refractivity contribution < 1.29 is 19.1 Å². The number of carbonyl (C=O) groups excluding carboxylic acids is 1. The van der Waals surface area contributed by atoms with Gasteiger partial charge in [0.05, 0.1) is 0 Å². The first-order valence-electron chi connectivity index (χ1n) is 5.89. The van der Waals surface area contributed by atoms with Gasteiger partial charge in [-0.2, -0.15) is 4.74 Å². The maximum atomic E-state index is 12.9. The van der Waals surface area contributed by atoms with Crippen LogP contribution in [0.5, 0.6) is 0 Å². The summed E-state index contributed by atoms with van der Waals surface area (Å²) in [6.07, 6.45) is 0. The van der Waals surface area contributed by atoms with Crippen LogP contribution in [0, 0.1) is 11.0 Å². The van der Waals surface area contributed by atoms with Crippen LogP contribution in [0.3, 0.4) is 0 Å². The van der Waals surface area contributed by atoms with Gasteiger partial charge in [-0.05, 0) is 31.2 Å². The van der Waals surface area contributed by atoms with E-state index in [1.807, 2.05) is 0 Å². The van der Waals surface area contributed by atoms with E-state index in [2.05, 4.69) is 0 Å². The van der Waals surface area contributed by atoms with Crippen molar-refractivity contribution in [2.75, 3.05) is 0 Å². The van der Waals surface area contributed by atoms with Gasteiger partial charge in [0.15, 0.2) is 0 Å². The molecule has 0 saturated carbocycles. The number of hydroxylamine groups is 3. The molecule has 1 heterocycles. The van der Waals surface area contributed by atoms with E-state index in [0.717, 1.165) is 5.06 Å². The van der Waals surface area contributed by atoms with Crippen LogP contribution in [-0.4, -0.2) is 38.2 Å². The van der Waals surface area contributed by atoms with E-state index in [4.69, 9.17) is 0 Å². The molecule has 1 aliphatic rings. The molecule has 2 unspecified atom stereocenters. The number of rotatable bonds is 2. The molecule has 2 atom stereocenters. The maximum absolute atomic E-state index is 12.9. The summed E-state index contributed by atoms with van der Waals surface area (Å²) in [5.74, 6) is -0.878. The number of benzene rings is 1. The molecule has 0 bridgehead atoms. The Morgan fingerprint density at radius 1 is 1.47 bits per heavy atom. The summed E-state index contributed by atoms with van der Waals surface area (Å²) in [4.78, 5) is 11.6. The lowest BCUT2D eigenvalue weighted by Gasteiger charge is -2.26. The van der Waals surface area contributed by atoms with Gasteiger partial charge in [0.1, 0.15) is 11.9 Å². The van der Waals surface area contributed by atoms with Crippen molar-refractivity contribution in [2.24, 2.45) is 0 Å². The predicted octanol–water partition coefficient (Wildman–Crippen LogP) is 1.52. The summed E-state index contributed by atoms with van der Waals surface area (Å²) in [5, 5.41) is 23.1. The quantitative estimate of drug-likeness (QED) is 0.651. The normalized spacial score (nSPS) is 27.9. The fourth-order valence-electron chi connectivity index (χ4n) is 2.27. The van der Waals surface area contributed by atoms with E-state index in [0.29, 0.717) is 10.3 Å². The van der Waals surface area contributed by atoms with Gasteiger partial charge in [0.25, 0.3) is 0 Å². The third-order valence-electron chi connectivity index (χ3n) is 3.63. The second kappa shape index (κ2) is 4.40. The first-order valence-corrected chi connectivity index (χ1v) is 5.89. The van der Waals surface area contributed by atoms with Crippen LogP contribution in [0.1, 0.15) is 26.3 Å². The summed E-state index contributed by atoms with van der Waals surface area (Å²) in [6, 6.07) is 4.71. The number of hydrogen-bond acceptors (Lipinski definition) is 4. The number of Topliss-reactive ketones (excluding diaryl/α,β-unsaturated/α-hetero) is 1. The Labute approximate surface area is 110 Å². The summed E-state index contributed by atoms with van der Waals surface area (Å²) < 4.78 is 13.4. The fraction of sp³-hybridized carbons (Fsp3) is 0.385. The fourth-order valence-corrected chi connectivity index (χ4v) is 2.27. The van der Waals surface area contributed by atoms with E-state index in [1.54, 1.807) is 6.92 Å². The second-order valence-corrected chi connectivity index (χ2v) is 4.78. The first kappa shape index (κ1) is 13.6. The molecule has 1 aliphatic heterocycles. The molecule has 0 amide bonds. The number of hydrogen-bond donors (Lipinski definition) is 1. The summed E-state index contributed by atoms with van der Waals surface area (Å²) in [5.41, 5.74) is -0.934. The van der Waals surface area contributed by atoms with E-state index in [9.17, 15) is 19.6 Å². The van der Waals surface area contributed by atoms with Crippen LogP contribution in [0.2, 0.25) is 0 Å². The minimum atomic E-state index is -1.65. The molecule has 2 rings (SSSR count). The van der Waals surface area contributed by atoms with Gasteiger partial charge in [-0.25, -0.2) is 4.39 Å². The second-order valence-electron chi connectivity index (χ2n) is 4.78. The highest BCUT2D eigenvalue weighted by Gasteiger charge is 2.56. The lowest BCUT2D eigenvalue weighted by Crippen LogP contribution is -2.53. The van der Waals surface area contributed by atoms with Crippen molar-refractivity contribution in [1.82, 2.24) is 5.06 Å². The SMILES string of the molecule is CC(=O)C1(C)N(O)C(C)C(c2ccc(F)cc2)=[N+]1[O-]. The van der Waals surface area contributed by atoms with Crippen LogP contribution < -0.4 is 0 Å². The van der Waals surface area contributed by atoms with E-state index >= 15 is 0 Å². The van der Waals surface area contributed by atoms with Crippen molar-refractivity contribution in [3.05, 3.63) is 40.9 Å². The van der Waals surface area contributed by atoms with Crippen LogP contribution in [-0.2, 0) is 4.79 Å². The molecule has 0 spiro atoms. The largest absolute Gasteiger partial charge is 0.622 e. The molecule has 1 aromatic rings. The molecular formula is C13H15FN2O3. The van der Waals surface area contributed by atoms with Gasteiger partial charge in [0.2, 0.25) is 11.5 Å². The topological polar surface area (TPSA) is 66.6 Å². The zero-order valence-corrected chi connectivity index (χ0v) is 10.9. The molecule has 0 aliphatic carbocycles. The smallest absolute Gasteiger partial charge is 0.307 e. The van der Waals surface area contributed by atoms with Crippen molar-refractivity contribution in [3.8, 4) is 0 Å². The zero-order valence-electron chi connectivity index (χ0n) is 10.9. The highest BCUT2D eigenvalue weighted by Crippen LogP contribution is 2.28. The van der Waals surface area contributed by atoms with Crippen molar-refractivity contribution in [1.29, 1.82) is 0 Å². The monoisotopic (exact) mass is 266 g/mol. The van der Waals surface area contributed by atoms with Crippen LogP contribution in [0.25, 0.3) is 0 Å². The molecule has 5 nitrogen and oxygen atoms in total. The molecule has 6 heteroatoms. The molecule has 1 aromatic carbocycles. The average Bonchev–Trinajstić information content (AvgIpc) is 2.54. The number of carbonyl (C=O) groups is 1. The molecule has 0 saturated heterocycles. The van der Waals surface area contributed by atoms with Gasteiger partial charge in [-0.15, -0.1) is 5.06 Å². The summed E-state index contributed by atoms with van der Waals surface area (Å²) >= 11 is 0. The number of halogens is 1. The summed E-state index contributed by atoms with van der Waals surface area (Å²) in [7, 11) is 0. The Kier molecular flexibility index (Phi) is 3.15. The predicted molar refractivity (Wildman–Crippen MR) is 66.3 cm³/mol. The Morgan fingerprint density at radius 2 is 2.00 bits per heavy atom. The Hall–Kier alpha value is -1.79. The Morgan fingerprint density at radius 3 is 2.42 bits per heavy atom.